The molecule has 3 aromatic rings. The molecule has 0 fully saturated rings. The zero-order valence-electron chi connectivity index (χ0n) is 18.4. The lowest BCUT2D eigenvalue weighted by atomic mass is 10.1. The summed E-state index contributed by atoms with van der Waals surface area (Å²) in [6.07, 6.45) is 2.30. The van der Waals surface area contributed by atoms with Crippen LogP contribution in [0.4, 0.5) is 5.13 Å². The number of aromatic nitrogens is 1. The molecule has 2 amide bonds. The highest BCUT2D eigenvalue weighted by atomic mass is 32.1. The number of anilines is 1. The van der Waals surface area contributed by atoms with Crippen molar-refractivity contribution in [1.29, 1.82) is 0 Å². The molecule has 0 atom stereocenters. The zero-order chi connectivity index (χ0) is 22.2. The molecule has 0 aliphatic heterocycles. The Morgan fingerprint density at radius 2 is 1.58 bits per heavy atom. The van der Waals surface area contributed by atoms with Crippen LogP contribution in [0.15, 0.2) is 53.9 Å². The molecule has 3 rings (SSSR count). The maximum absolute atomic E-state index is 12.5. The number of amides is 2. The third-order valence-electron chi connectivity index (χ3n) is 5.10. The van der Waals surface area contributed by atoms with Gasteiger partial charge in [-0.3, -0.25) is 14.5 Å². The maximum atomic E-state index is 12.5. The van der Waals surface area contributed by atoms with Gasteiger partial charge in [0.1, 0.15) is 0 Å². The fraction of sp³-hybridized carbons (Fsp3) is 0.320. The Morgan fingerprint density at radius 3 is 2.19 bits per heavy atom. The Kier molecular flexibility index (Phi) is 7.95. The van der Waals surface area contributed by atoms with Crippen molar-refractivity contribution in [3.8, 4) is 0 Å². The highest BCUT2D eigenvalue weighted by molar-refractivity contribution is 7.14. The number of hydrogen-bond acceptors (Lipinski definition) is 4. The fourth-order valence-electron chi connectivity index (χ4n) is 3.33. The smallest absolute Gasteiger partial charge is 0.228 e. The van der Waals surface area contributed by atoms with Crippen molar-refractivity contribution in [2.24, 2.45) is 0 Å². The number of carbonyl (C=O) groups is 2. The van der Waals surface area contributed by atoms with Crippen LogP contribution in [0.5, 0.6) is 0 Å². The van der Waals surface area contributed by atoms with Crippen LogP contribution in [0.1, 0.15) is 40.8 Å². The molecule has 0 radical (unpaired) electrons. The lowest BCUT2D eigenvalue weighted by Gasteiger charge is -2.13. The molecule has 0 aliphatic carbocycles. The van der Waals surface area contributed by atoms with Gasteiger partial charge in [-0.05, 0) is 37.8 Å². The van der Waals surface area contributed by atoms with Crippen LogP contribution in [-0.2, 0) is 29.0 Å². The van der Waals surface area contributed by atoms with Crippen molar-refractivity contribution >= 4 is 28.3 Å². The summed E-state index contributed by atoms with van der Waals surface area (Å²) in [4.78, 5) is 30.8. The number of aryl methyl sites for hydroxylation is 4. The first kappa shape index (κ1) is 22.7. The predicted octanol–water partition coefficient (Wildman–Crippen LogP) is 4.60. The Hall–Kier alpha value is -2.99. The van der Waals surface area contributed by atoms with Crippen molar-refractivity contribution < 1.29 is 9.59 Å². The van der Waals surface area contributed by atoms with Gasteiger partial charge in [-0.25, -0.2) is 4.98 Å². The van der Waals surface area contributed by atoms with Gasteiger partial charge in [-0.15, -0.1) is 11.3 Å². The van der Waals surface area contributed by atoms with E-state index >= 15 is 0 Å². The van der Waals surface area contributed by atoms with Crippen LogP contribution >= 0.6 is 11.3 Å². The largest absolute Gasteiger partial charge is 0.350 e. The third kappa shape index (κ3) is 7.03. The standard InChI is InChI=1S/C25H29N3O2S/c1-18-6-4-8-20(14-18)10-12-23(29)26-16-22-17-31-25(27-22)28(3)24(30)13-11-21-9-5-7-19(2)15-21/h4-9,14-15,17H,10-13,16H2,1-3H3,(H,26,29). The van der Waals surface area contributed by atoms with Crippen molar-refractivity contribution in [1.82, 2.24) is 10.3 Å². The lowest BCUT2D eigenvalue weighted by molar-refractivity contribution is -0.121. The van der Waals surface area contributed by atoms with E-state index in [1.165, 1.54) is 22.5 Å². The van der Waals surface area contributed by atoms with Gasteiger partial charge in [0.05, 0.1) is 12.2 Å². The summed E-state index contributed by atoms with van der Waals surface area (Å²) in [7, 11) is 1.75. The average molecular weight is 436 g/mol. The minimum atomic E-state index is -0.00126. The number of rotatable bonds is 9. The monoisotopic (exact) mass is 435 g/mol. The van der Waals surface area contributed by atoms with Gasteiger partial charge in [0.2, 0.25) is 11.8 Å². The predicted molar refractivity (Wildman–Crippen MR) is 126 cm³/mol. The Bertz CT molecular complexity index is 1040. The summed E-state index contributed by atoms with van der Waals surface area (Å²) >= 11 is 1.42. The van der Waals surface area contributed by atoms with Gasteiger partial charge in [0.25, 0.3) is 0 Å². The molecule has 2 aromatic carbocycles. The highest BCUT2D eigenvalue weighted by Crippen LogP contribution is 2.20. The Morgan fingerprint density at radius 1 is 0.968 bits per heavy atom. The highest BCUT2D eigenvalue weighted by Gasteiger charge is 2.15. The molecule has 0 aliphatic rings. The second-order valence-electron chi connectivity index (χ2n) is 7.83. The van der Waals surface area contributed by atoms with Crippen molar-refractivity contribution in [2.75, 3.05) is 11.9 Å². The maximum Gasteiger partial charge on any atom is 0.228 e. The second-order valence-corrected chi connectivity index (χ2v) is 8.67. The van der Waals surface area contributed by atoms with Gasteiger partial charge in [-0.1, -0.05) is 59.7 Å². The van der Waals surface area contributed by atoms with E-state index in [1.807, 2.05) is 42.6 Å². The van der Waals surface area contributed by atoms with E-state index in [0.29, 0.717) is 37.4 Å². The number of hydrogen-bond donors (Lipinski definition) is 1. The minimum absolute atomic E-state index is 0.00126. The van der Waals surface area contributed by atoms with Crippen LogP contribution in [-0.4, -0.2) is 23.8 Å². The molecule has 162 valence electrons. The number of nitrogens with one attached hydrogen (secondary N) is 1. The lowest BCUT2D eigenvalue weighted by Crippen LogP contribution is -2.26. The van der Waals surface area contributed by atoms with E-state index in [1.54, 1.807) is 11.9 Å². The van der Waals surface area contributed by atoms with E-state index in [0.717, 1.165) is 16.8 Å². The summed E-state index contributed by atoms with van der Waals surface area (Å²) < 4.78 is 0. The first-order valence-corrected chi connectivity index (χ1v) is 11.4. The van der Waals surface area contributed by atoms with E-state index in [9.17, 15) is 9.59 Å². The van der Waals surface area contributed by atoms with Crippen LogP contribution in [0.25, 0.3) is 0 Å². The molecule has 0 bridgehead atoms. The Labute approximate surface area is 188 Å². The van der Waals surface area contributed by atoms with Crippen LogP contribution in [0.2, 0.25) is 0 Å². The molecule has 0 unspecified atom stereocenters. The topological polar surface area (TPSA) is 62.3 Å². The molecule has 1 aromatic heterocycles. The first-order chi connectivity index (χ1) is 14.9. The first-order valence-electron chi connectivity index (χ1n) is 10.5. The second kappa shape index (κ2) is 10.9. The molecule has 0 saturated carbocycles. The van der Waals surface area contributed by atoms with E-state index in [-0.39, 0.29) is 11.8 Å². The molecule has 0 saturated heterocycles. The summed E-state index contributed by atoms with van der Waals surface area (Å²) in [5.74, 6) is 0.0308. The third-order valence-corrected chi connectivity index (χ3v) is 6.07. The summed E-state index contributed by atoms with van der Waals surface area (Å²) in [6, 6.07) is 16.4. The molecule has 0 spiro atoms. The minimum Gasteiger partial charge on any atom is -0.350 e. The molecule has 5 nitrogen and oxygen atoms in total. The number of nitrogens with zero attached hydrogens (tertiary/aromatic N) is 2. The fourth-order valence-corrected chi connectivity index (χ4v) is 4.14. The zero-order valence-corrected chi connectivity index (χ0v) is 19.2. The van der Waals surface area contributed by atoms with E-state index in [2.05, 4.69) is 35.4 Å². The Balaban J connectivity index is 1.44. The van der Waals surface area contributed by atoms with Gasteiger partial charge in [0, 0.05) is 25.3 Å². The quantitative estimate of drug-likeness (QED) is 0.534. The summed E-state index contributed by atoms with van der Waals surface area (Å²) in [5, 5.41) is 5.46. The SMILES string of the molecule is Cc1cccc(CCC(=O)NCc2csc(N(C)C(=O)CCc3cccc(C)c3)n2)c1. The summed E-state index contributed by atoms with van der Waals surface area (Å²) in [5.41, 5.74) is 5.49. The summed E-state index contributed by atoms with van der Waals surface area (Å²) in [6.45, 7) is 4.47. The molecule has 1 heterocycles. The molecular formula is C25H29N3O2S. The van der Waals surface area contributed by atoms with Crippen LogP contribution in [0.3, 0.4) is 0 Å². The van der Waals surface area contributed by atoms with Gasteiger partial charge < -0.3 is 5.32 Å². The molecule has 1 N–H and O–H groups in total. The van der Waals surface area contributed by atoms with Crippen molar-refractivity contribution in [2.45, 2.75) is 46.1 Å². The van der Waals surface area contributed by atoms with Gasteiger partial charge in [0.15, 0.2) is 5.13 Å². The number of carbonyl (C=O) groups excluding carboxylic acids is 2. The van der Waals surface area contributed by atoms with Crippen LogP contribution < -0.4 is 10.2 Å². The van der Waals surface area contributed by atoms with E-state index in [4.69, 9.17) is 0 Å². The normalized spacial score (nSPS) is 10.7. The van der Waals surface area contributed by atoms with E-state index < -0.39 is 0 Å². The van der Waals surface area contributed by atoms with Gasteiger partial charge >= 0.3 is 0 Å². The molecule has 6 heteroatoms. The van der Waals surface area contributed by atoms with Crippen molar-refractivity contribution in [3.05, 3.63) is 81.9 Å². The molecule has 31 heavy (non-hydrogen) atoms. The molecular weight excluding hydrogens is 406 g/mol. The van der Waals surface area contributed by atoms with Crippen LogP contribution in [0, 0.1) is 13.8 Å². The average Bonchev–Trinajstić information content (AvgIpc) is 3.23. The van der Waals surface area contributed by atoms with Crippen molar-refractivity contribution in [3.63, 3.8) is 0 Å². The van der Waals surface area contributed by atoms with Gasteiger partial charge in [-0.2, -0.15) is 0 Å². The number of thiazole rings is 1. The number of benzene rings is 2.